The molecular weight excluding hydrogens is 568 g/mol. The molecule has 4 aromatic carbocycles. The molecule has 4 unspecified atom stereocenters. The summed E-state index contributed by atoms with van der Waals surface area (Å²) in [5.41, 5.74) is 10.1. The quantitative estimate of drug-likeness (QED) is 0.189. The van der Waals surface area contributed by atoms with E-state index in [4.69, 9.17) is 14.4 Å². The smallest absolute Gasteiger partial charge is 0.178 e. The van der Waals surface area contributed by atoms with Crippen LogP contribution < -0.4 is 14.7 Å². The number of anilines is 5. The van der Waals surface area contributed by atoms with Gasteiger partial charge in [-0.15, -0.1) is 0 Å². The molecular formula is C39H30N6O. The molecule has 0 saturated carbocycles. The first-order valence-electron chi connectivity index (χ1n) is 16.0. The summed E-state index contributed by atoms with van der Waals surface area (Å²) in [7, 11) is 2.21. The van der Waals surface area contributed by atoms with Crippen molar-refractivity contribution in [3.63, 3.8) is 0 Å². The van der Waals surface area contributed by atoms with Gasteiger partial charge in [0.2, 0.25) is 0 Å². The lowest BCUT2D eigenvalue weighted by atomic mass is 9.40. The predicted octanol–water partition coefficient (Wildman–Crippen LogP) is 8.30. The standard InChI is InChI=1S/C39H30N6O/c1-38-27-18-17-25-24-13-8-10-16-29(24)46-33(25)32(27)43-22-21-42(3)37(43)39(38,2)31-30(38)26-14-7-9-15-28(26)45-35-34(40-19-20-41-35)44(36(31)45)23-11-5-4-6-12-23/h4-22,36-37H,1-3H3. The molecule has 4 aliphatic heterocycles. The lowest BCUT2D eigenvalue weighted by Crippen LogP contribution is -2.71. The molecule has 6 heterocycles. The van der Waals surface area contributed by atoms with Crippen molar-refractivity contribution in [3.8, 4) is 0 Å². The Bertz CT molecular complexity index is 2360. The maximum absolute atomic E-state index is 6.73. The fraction of sp³-hybridized carbons (Fsp3) is 0.179. The zero-order valence-corrected chi connectivity index (χ0v) is 25.7. The van der Waals surface area contributed by atoms with Crippen molar-refractivity contribution in [2.24, 2.45) is 5.41 Å². The van der Waals surface area contributed by atoms with Gasteiger partial charge in [-0.3, -0.25) is 9.80 Å². The van der Waals surface area contributed by atoms with E-state index in [2.05, 4.69) is 144 Å². The Balaban J connectivity index is 1.26. The normalized spacial score (nSPS) is 26.4. The van der Waals surface area contributed by atoms with Crippen LogP contribution in [0.25, 0.3) is 27.5 Å². The van der Waals surface area contributed by atoms with Gasteiger partial charge in [0.25, 0.3) is 0 Å². The third-order valence-electron chi connectivity index (χ3n) is 11.6. The highest BCUT2D eigenvalue weighted by Gasteiger charge is 2.73. The van der Waals surface area contributed by atoms with Crippen molar-refractivity contribution < 1.29 is 4.42 Å². The second kappa shape index (κ2) is 7.98. The van der Waals surface area contributed by atoms with E-state index < -0.39 is 0 Å². The van der Waals surface area contributed by atoms with Crippen LogP contribution in [0, 0.1) is 5.41 Å². The maximum Gasteiger partial charge on any atom is 0.178 e. The molecule has 0 spiro atoms. The van der Waals surface area contributed by atoms with Crippen LogP contribution in [-0.2, 0) is 5.41 Å². The molecule has 4 atom stereocenters. The zero-order chi connectivity index (χ0) is 30.5. The first-order chi connectivity index (χ1) is 22.5. The number of nitrogens with zero attached hydrogens (tertiary/aromatic N) is 6. The summed E-state index contributed by atoms with van der Waals surface area (Å²) in [6.07, 6.45) is 8.02. The molecule has 11 rings (SSSR count). The van der Waals surface area contributed by atoms with Crippen molar-refractivity contribution in [1.29, 1.82) is 0 Å². The highest BCUT2D eigenvalue weighted by Crippen LogP contribution is 2.76. The van der Waals surface area contributed by atoms with Gasteiger partial charge in [0, 0.05) is 64.7 Å². The van der Waals surface area contributed by atoms with Crippen LogP contribution in [0.3, 0.4) is 0 Å². The molecule has 0 fully saturated rings. The van der Waals surface area contributed by atoms with Gasteiger partial charge < -0.3 is 14.2 Å². The van der Waals surface area contributed by atoms with Crippen molar-refractivity contribution in [1.82, 2.24) is 14.9 Å². The lowest BCUT2D eigenvalue weighted by Gasteiger charge is -2.69. The molecule has 0 radical (unpaired) electrons. The monoisotopic (exact) mass is 598 g/mol. The largest absolute Gasteiger partial charge is 0.454 e. The van der Waals surface area contributed by atoms with Gasteiger partial charge in [0.1, 0.15) is 17.9 Å². The third kappa shape index (κ3) is 2.51. The first kappa shape index (κ1) is 24.7. The number of hydrogen-bond donors (Lipinski definition) is 0. The van der Waals surface area contributed by atoms with E-state index in [1.54, 1.807) is 0 Å². The van der Waals surface area contributed by atoms with Crippen molar-refractivity contribution >= 4 is 56.2 Å². The molecule has 0 amide bonds. The number of furan rings is 1. The number of hydrogen-bond acceptors (Lipinski definition) is 7. The van der Waals surface area contributed by atoms with E-state index in [0.29, 0.717) is 0 Å². The van der Waals surface area contributed by atoms with Crippen LogP contribution in [0.2, 0.25) is 0 Å². The Morgan fingerprint density at radius 2 is 1.48 bits per heavy atom. The molecule has 5 aliphatic rings. The summed E-state index contributed by atoms with van der Waals surface area (Å²) in [4.78, 5) is 19.6. The minimum Gasteiger partial charge on any atom is -0.454 e. The first-order valence-corrected chi connectivity index (χ1v) is 16.0. The second-order valence-electron chi connectivity index (χ2n) is 13.5. The number of allylic oxidation sites excluding steroid dienone is 1. The van der Waals surface area contributed by atoms with E-state index in [1.165, 1.54) is 33.6 Å². The highest BCUT2D eigenvalue weighted by molar-refractivity contribution is 6.12. The molecule has 1 aliphatic carbocycles. The van der Waals surface area contributed by atoms with Gasteiger partial charge in [0.05, 0.1) is 11.4 Å². The summed E-state index contributed by atoms with van der Waals surface area (Å²) in [5, 5.41) is 2.31. The fourth-order valence-corrected chi connectivity index (χ4v) is 9.73. The Morgan fingerprint density at radius 1 is 0.739 bits per heavy atom. The number of benzene rings is 4. The maximum atomic E-state index is 6.73. The Morgan fingerprint density at radius 3 is 2.33 bits per heavy atom. The molecule has 0 saturated heterocycles. The van der Waals surface area contributed by atoms with E-state index in [-0.39, 0.29) is 23.2 Å². The van der Waals surface area contributed by atoms with Gasteiger partial charge in [-0.25, -0.2) is 9.97 Å². The van der Waals surface area contributed by atoms with Crippen LogP contribution in [0.5, 0.6) is 0 Å². The summed E-state index contributed by atoms with van der Waals surface area (Å²) < 4.78 is 6.73. The Kier molecular flexibility index (Phi) is 4.29. The van der Waals surface area contributed by atoms with E-state index in [9.17, 15) is 0 Å². The second-order valence-corrected chi connectivity index (χ2v) is 13.5. The van der Waals surface area contributed by atoms with E-state index in [0.717, 1.165) is 39.3 Å². The van der Waals surface area contributed by atoms with Crippen LogP contribution in [0.4, 0.5) is 28.7 Å². The van der Waals surface area contributed by atoms with Crippen molar-refractivity contribution in [3.05, 3.63) is 132 Å². The van der Waals surface area contributed by atoms with Gasteiger partial charge in [-0.05, 0) is 41.0 Å². The zero-order valence-electron chi connectivity index (χ0n) is 25.7. The fourth-order valence-electron chi connectivity index (χ4n) is 9.73. The lowest BCUT2D eigenvalue weighted by molar-refractivity contribution is 0.0834. The number of para-hydroxylation sites is 3. The summed E-state index contributed by atoms with van der Waals surface area (Å²) >= 11 is 0. The number of aromatic nitrogens is 2. The van der Waals surface area contributed by atoms with Gasteiger partial charge >= 0.3 is 0 Å². The van der Waals surface area contributed by atoms with Crippen molar-refractivity contribution in [2.75, 3.05) is 21.7 Å². The van der Waals surface area contributed by atoms with Crippen LogP contribution in [-0.4, -0.2) is 34.2 Å². The van der Waals surface area contributed by atoms with Gasteiger partial charge in [0.15, 0.2) is 17.2 Å². The number of rotatable bonds is 1. The Labute approximate surface area is 266 Å². The highest BCUT2D eigenvalue weighted by atomic mass is 16.3. The minimum absolute atomic E-state index is 0.0388. The average Bonchev–Trinajstić information content (AvgIpc) is 3.77. The Hall–Kier alpha value is -5.56. The molecule has 2 aromatic heterocycles. The SMILES string of the molecule is CN1C=CN2c3c(ccc4c3oc3ccccc34)C3(C)C4=C(C5N(c6ccccc6)c6nccnc6N5c5ccccc54)C3(C)C12. The summed E-state index contributed by atoms with van der Waals surface area (Å²) in [6.45, 7) is 4.96. The topological polar surface area (TPSA) is 51.9 Å². The van der Waals surface area contributed by atoms with Crippen LogP contribution in [0.15, 0.2) is 126 Å². The minimum atomic E-state index is -0.313. The summed E-state index contributed by atoms with van der Waals surface area (Å²) in [5.74, 6) is 1.77. The van der Waals surface area contributed by atoms with E-state index in [1.807, 2.05) is 12.4 Å². The molecule has 7 heteroatoms. The molecule has 6 aromatic rings. The molecule has 0 bridgehead atoms. The molecule has 222 valence electrons. The third-order valence-corrected chi connectivity index (χ3v) is 11.6. The van der Waals surface area contributed by atoms with Gasteiger partial charge in [-0.1, -0.05) is 80.6 Å². The van der Waals surface area contributed by atoms with Crippen molar-refractivity contribution in [2.45, 2.75) is 31.6 Å². The van der Waals surface area contributed by atoms with E-state index >= 15 is 0 Å². The van der Waals surface area contributed by atoms with Crippen LogP contribution in [0.1, 0.15) is 25.0 Å². The predicted molar refractivity (Wildman–Crippen MR) is 182 cm³/mol. The van der Waals surface area contributed by atoms with Crippen LogP contribution >= 0.6 is 0 Å². The van der Waals surface area contributed by atoms with Gasteiger partial charge in [-0.2, -0.15) is 0 Å². The molecule has 7 nitrogen and oxygen atoms in total. The average molecular weight is 599 g/mol. The molecule has 0 N–H and O–H groups in total. The number of fused-ring (bicyclic) bond motifs is 19. The molecule has 46 heavy (non-hydrogen) atoms. The summed E-state index contributed by atoms with van der Waals surface area (Å²) in [6, 6.07) is 32.6.